The fourth-order valence-corrected chi connectivity index (χ4v) is 13.3. The van der Waals surface area contributed by atoms with Crippen LogP contribution in [0, 0.1) is 23.7 Å². The number of phenolic OH excluding ortho intramolecular Hbond substituents is 1. The number of hydrogen-bond acceptors (Lipinski definition) is 16. The Balaban J connectivity index is 2.05. The van der Waals surface area contributed by atoms with Crippen molar-refractivity contribution in [2.75, 3.05) is 75.1 Å². The first-order valence-electron chi connectivity index (χ1n) is 37.8. The lowest BCUT2D eigenvalue weighted by atomic mass is 9.97. The normalized spacial score (nSPS) is 24.3. The van der Waals surface area contributed by atoms with Crippen molar-refractivity contribution in [3.63, 3.8) is 0 Å². The first-order valence-corrected chi connectivity index (χ1v) is 37.8. The number of aliphatic hydroxyl groups excluding tert-OH is 1. The highest BCUT2D eigenvalue weighted by molar-refractivity contribution is 6.00. The second kappa shape index (κ2) is 42.2. The largest absolute Gasteiger partial charge is 0.504 e. The molecule has 0 aliphatic carbocycles. The fourth-order valence-electron chi connectivity index (χ4n) is 13.3. The molecule has 11 atom stereocenters. The molecule has 0 aromatic heterocycles. The van der Waals surface area contributed by atoms with Crippen LogP contribution in [-0.4, -0.2) is 263 Å². The van der Waals surface area contributed by atoms with Gasteiger partial charge in [-0.05, 0) is 132 Å². The van der Waals surface area contributed by atoms with Gasteiger partial charge in [-0.3, -0.25) is 57.5 Å². The summed E-state index contributed by atoms with van der Waals surface area (Å²) in [5.74, 6) is -10.3. The summed E-state index contributed by atoms with van der Waals surface area (Å²) in [6.45, 7) is 24.4. The third kappa shape index (κ3) is 26.8. The summed E-state index contributed by atoms with van der Waals surface area (Å²) >= 11 is 0. The molecule has 28 heteroatoms. The lowest BCUT2D eigenvalue weighted by Gasteiger charge is -2.38. The van der Waals surface area contributed by atoms with Crippen LogP contribution in [0.25, 0.3) is 0 Å². The molecule has 2 aliphatic heterocycles. The Labute approximate surface area is 628 Å². The van der Waals surface area contributed by atoms with E-state index in [4.69, 9.17) is 9.47 Å². The molecule has 0 saturated carbocycles. The van der Waals surface area contributed by atoms with Crippen LogP contribution in [0.15, 0.2) is 48.5 Å². The Morgan fingerprint density at radius 2 is 1.05 bits per heavy atom. The van der Waals surface area contributed by atoms with Crippen molar-refractivity contribution in [3.8, 4) is 11.5 Å². The number of phenols is 1. The number of rotatable bonds is 21. The van der Waals surface area contributed by atoms with E-state index < -0.39 is 156 Å². The van der Waals surface area contributed by atoms with E-state index in [9.17, 15) is 29.4 Å². The number of aliphatic hydroxyl groups is 1. The minimum atomic E-state index is -1.71. The zero-order valence-electron chi connectivity index (χ0n) is 66.7. The molecule has 594 valence electrons. The average molecular weight is 1490 g/mol. The number of nitrogens with zero attached hydrogens (tertiary/aromatic N) is 7. The van der Waals surface area contributed by atoms with Crippen LogP contribution in [0.4, 0.5) is 0 Å². The number of aromatic hydroxyl groups is 1. The molecule has 0 radical (unpaired) electrons. The van der Waals surface area contributed by atoms with Crippen molar-refractivity contribution in [1.82, 2.24) is 60.9 Å². The highest BCUT2D eigenvalue weighted by atomic mass is 16.5. The molecule has 2 saturated heterocycles. The Kier molecular flexibility index (Phi) is 35.8. The van der Waals surface area contributed by atoms with E-state index >= 15 is 38.4 Å². The van der Waals surface area contributed by atoms with Gasteiger partial charge < -0.3 is 80.6 Å². The summed E-state index contributed by atoms with van der Waals surface area (Å²) in [6, 6.07) is -1.03. The summed E-state index contributed by atoms with van der Waals surface area (Å²) in [4.78, 5) is 190. The van der Waals surface area contributed by atoms with Gasteiger partial charge in [-0.2, -0.15) is 0 Å². The Morgan fingerprint density at radius 3 is 1.59 bits per heavy atom. The second-order valence-corrected chi connectivity index (χ2v) is 31.4. The number of carbonyl (C=O) groups excluding carboxylic acids is 12. The molecule has 0 spiro atoms. The van der Waals surface area contributed by atoms with Gasteiger partial charge in [0.25, 0.3) is 0 Å². The van der Waals surface area contributed by atoms with Crippen LogP contribution >= 0.6 is 0 Å². The third-order valence-electron chi connectivity index (χ3n) is 19.4. The summed E-state index contributed by atoms with van der Waals surface area (Å²) in [7, 11) is 8.30. The average Bonchev–Trinajstić information content (AvgIpc) is 0.821. The molecule has 2 fully saturated rings. The molecule has 2 heterocycles. The standard InChI is InChI=1S/C78H126N12O16/c1-21-23-34-90-45-66(94)84(15)59(38-48(5)6)69(96)82-57(46-106-78(12,13)14)74(101)88(19)62(40-50(9)10)76(103)85(16)58(22-2)68(95)81-56(75(102)89-35-28-25-29-36-89)44-65(93)79-54(37-47(3)4)72(99)87(18)61(42-52-30-26-24-27-31-52)70(97)80-55(41-53-32-33-63(92)64(43-53)105-20)73(100)86(17)60(39-49(7)8)71(98)83-67(51(11)91)77(90)104/h24,26-27,30-33,43,47-51,54-62,67,91-92H,21-23,25,28-29,34-42,44-46H2,1-20H3,(H,79,93)(H,80,97)(H,81,95)(H,82,96)(H,83,98)/t51-,54-,55+,56+,57+,58+,59+,60+,61+,62+,67+/m1/s1. The predicted octanol–water partition coefficient (Wildman–Crippen LogP) is 4.58. The lowest BCUT2D eigenvalue weighted by Crippen LogP contribution is -2.62. The van der Waals surface area contributed by atoms with E-state index in [1.807, 2.05) is 62.3 Å². The van der Waals surface area contributed by atoms with Crippen molar-refractivity contribution in [3.05, 3.63) is 59.7 Å². The van der Waals surface area contributed by atoms with Crippen molar-refractivity contribution in [2.45, 2.75) is 253 Å². The fraction of sp³-hybridized carbons (Fsp3) is 0.692. The summed E-state index contributed by atoms with van der Waals surface area (Å²) in [5.41, 5.74) is 0.136. The zero-order chi connectivity index (χ0) is 79.8. The Morgan fingerprint density at radius 1 is 0.547 bits per heavy atom. The molecule has 2 aromatic carbocycles. The van der Waals surface area contributed by atoms with E-state index in [2.05, 4.69) is 26.6 Å². The summed E-state index contributed by atoms with van der Waals surface area (Å²) < 4.78 is 11.6. The predicted molar refractivity (Wildman–Crippen MR) is 403 cm³/mol. The van der Waals surface area contributed by atoms with E-state index in [0.29, 0.717) is 49.9 Å². The molecule has 2 aromatic rings. The molecular weight excluding hydrogens is 1360 g/mol. The van der Waals surface area contributed by atoms with Crippen LogP contribution < -0.4 is 31.3 Å². The van der Waals surface area contributed by atoms with E-state index in [0.717, 1.165) is 11.3 Å². The topological polar surface area (TPSA) is 347 Å². The highest BCUT2D eigenvalue weighted by Crippen LogP contribution is 2.28. The van der Waals surface area contributed by atoms with Gasteiger partial charge in [0, 0.05) is 67.7 Å². The van der Waals surface area contributed by atoms with Gasteiger partial charge in [0.1, 0.15) is 60.4 Å². The molecule has 2 aliphatic rings. The smallest absolute Gasteiger partial charge is 0.248 e. The maximum atomic E-state index is 15.6. The number of unbranched alkanes of at least 4 members (excludes halogenated alkanes) is 1. The third-order valence-corrected chi connectivity index (χ3v) is 19.4. The van der Waals surface area contributed by atoms with E-state index in [1.165, 1.54) is 92.0 Å². The van der Waals surface area contributed by atoms with Gasteiger partial charge in [-0.15, -0.1) is 0 Å². The minimum Gasteiger partial charge on any atom is -0.504 e. The van der Waals surface area contributed by atoms with Crippen molar-refractivity contribution in [2.24, 2.45) is 23.7 Å². The lowest BCUT2D eigenvalue weighted by molar-refractivity contribution is -0.152. The highest BCUT2D eigenvalue weighted by Gasteiger charge is 2.44. The van der Waals surface area contributed by atoms with Gasteiger partial charge in [-0.25, -0.2) is 0 Å². The molecule has 106 heavy (non-hydrogen) atoms. The van der Waals surface area contributed by atoms with E-state index in [1.54, 1.807) is 62.9 Å². The molecule has 0 unspecified atom stereocenters. The monoisotopic (exact) mass is 1490 g/mol. The molecular formula is C78H126N12O16. The first-order chi connectivity index (χ1) is 49.7. The van der Waals surface area contributed by atoms with Crippen LogP contribution in [0.2, 0.25) is 0 Å². The number of ether oxygens (including phenoxy) is 2. The first kappa shape index (κ1) is 90.0. The summed E-state index contributed by atoms with van der Waals surface area (Å²) in [5, 5.41) is 36.3. The number of piperidine rings is 1. The Bertz CT molecular complexity index is 3280. The molecule has 28 nitrogen and oxygen atoms in total. The van der Waals surface area contributed by atoms with E-state index in [-0.39, 0.29) is 93.3 Å². The molecule has 0 bridgehead atoms. The second-order valence-electron chi connectivity index (χ2n) is 31.4. The van der Waals surface area contributed by atoms with Gasteiger partial charge in [0.2, 0.25) is 70.9 Å². The number of carbonyl (C=O) groups is 12. The van der Waals surface area contributed by atoms with Crippen molar-refractivity contribution < 1.29 is 77.2 Å². The Hall–Kier alpha value is -8.40. The number of methoxy groups -OCH3 is 1. The number of likely N-dealkylation sites (N-methyl/N-ethyl adjacent to an activating group) is 5. The van der Waals surface area contributed by atoms with Crippen LogP contribution in [0.5, 0.6) is 11.5 Å². The zero-order valence-corrected chi connectivity index (χ0v) is 66.7. The molecule has 4 rings (SSSR count). The number of hydrogen-bond donors (Lipinski definition) is 7. The SMILES string of the molecule is CCCCN1CC(=O)N(C)[C@@H](CC(C)C)C(=O)N[C@@H](COC(C)(C)C)C(=O)N(C)[C@@H](CC(C)C)C(=O)N(C)[C@@H](CC)C(=O)N[C@H](C(=O)N2CCCCC2)CC(=O)N[C@H](CC(C)C)C(=O)N(C)[C@@H](Cc2ccccc2)C(=O)N[C@@H](Cc2ccc(O)c(OC)c2)C(=O)N(C)[C@@H](CC(C)C)C(=O)N[C@@H]([C@@H](C)O)C1=O. The van der Waals surface area contributed by atoms with Gasteiger partial charge >= 0.3 is 0 Å². The quantitative estimate of drug-likeness (QED) is 0.0899. The number of nitrogens with one attached hydrogen (secondary N) is 5. The molecule has 7 N–H and O–H groups in total. The maximum absolute atomic E-state index is 15.6. The number of amides is 12. The minimum absolute atomic E-state index is 0.00556. The van der Waals surface area contributed by atoms with Crippen LogP contribution in [0.3, 0.4) is 0 Å². The van der Waals surface area contributed by atoms with Crippen LogP contribution in [0.1, 0.15) is 179 Å². The number of likely N-dealkylation sites (tertiary alicyclic amines) is 1. The van der Waals surface area contributed by atoms with Crippen LogP contribution in [-0.2, 0) is 75.1 Å². The van der Waals surface area contributed by atoms with Gasteiger partial charge in [-0.1, -0.05) is 112 Å². The molecule has 12 amide bonds. The van der Waals surface area contributed by atoms with Crippen molar-refractivity contribution in [1.29, 1.82) is 0 Å². The van der Waals surface area contributed by atoms with Gasteiger partial charge in [0.15, 0.2) is 11.5 Å². The number of benzene rings is 2. The summed E-state index contributed by atoms with van der Waals surface area (Å²) in [6.07, 6.45) is 0.605. The van der Waals surface area contributed by atoms with Crippen molar-refractivity contribution >= 4 is 70.9 Å². The van der Waals surface area contributed by atoms with Gasteiger partial charge in [0.05, 0.1) is 38.4 Å². The maximum Gasteiger partial charge on any atom is 0.248 e.